The van der Waals surface area contributed by atoms with Gasteiger partial charge in [0, 0.05) is 14.2 Å². The molecule has 0 aliphatic carbocycles. The average molecular weight is 720 g/mol. The molecular weight excluding hydrogens is 704 g/mol. The van der Waals surface area contributed by atoms with Gasteiger partial charge < -0.3 is 4.74 Å². The minimum Gasteiger partial charge on any atom is -0.486 e. The van der Waals surface area contributed by atoms with E-state index >= 15 is 0 Å². The number of ether oxygens (including phenoxy) is 1. The Bertz CT molecular complexity index is 1240. The van der Waals surface area contributed by atoms with Crippen LogP contribution >= 0.6 is 77.8 Å². The van der Waals surface area contributed by atoms with Gasteiger partial charge >= 0.3 is 0 Å². The van der Waals surface area contributed by atoms with Gasteiger partial charge in [-0.25, -0.2) is 0 Å². The molecule has 0 atom stereocenters. The van der Waals surface area contributed by atoms with Crippen LogP contribution < -0.4 is 4.74 Å². The van der Waals surface area contributed by atoms with Gasteiger partial charge in [0.25, 0.3) is 11.1 Å². The molecule has 1 heterocycles. The monoisotopic (exact) mass is 717 g/mol. The zero-order chi connectivity index (χ0) is 23.5. The topological polar surface area (TPSA) is 46.6 Å². The van der Waals surface area contributed by atoms with Crippen LogP contribution in [0.1, 0.15) is 16.7 Å². The summed E-state index contributed by atoms with van der Waals surface area (Å²) in [5, 5.41) is 0.366. The zero-order valence-electron chi connectivity index (χ0n) is 16.9. The Morgan fingerprint density at radius 3 is 2.36 bits per heavy atom. The summed E-state index contributed by atoms with van der Waals surface area (Å²) in [5.41, 5.74) is 2.55. The molecule has 1 saturated heterocycles. The third kappa shape index (κ3) is 6.03. The summed E-state index contributed by atoms with van der Waals surface area (Å²) < 4.78 is 8.49. The molecule has 4 nitrogen and oxygen atoms in total. The maximum absolute atomic E-state index is 12.9. The van der Waals surface area contributed by atoms with Crippen molar-refractivity contribution in [3.63, 3.8) is 0 Å². The van der Waals surface area contributed by atoms with Crippen LogP contribution in [0.2, 0.25) is 5.02 Å². The highest BCUT2D eigenvalue weighted by atomic mass is 127. The third-order valence-electron chi connectivity index (χ3n) is 4.78. The van der Waals surface area contributed by atoms with E-state index in [1.807, 2.05) is 60.7 Å². The van der Waals surface area contributed by atoms with Gasteiger partial charge in [0.2, 0.25) is 0 Å². The van der Waals surface area contributed by atoms with Crippen molar-refractivity contribution in [1.82, 2.24) is 4.90 Å². The van der Waals surface area contributed by atoms with Gasteiger partial charge in [-0.3, -0.25) is 14.5 Å². The second kappa shape index (κ2) is 10.9. The summed E-state index contributed by atoms with van der Waals surface area (Å²) >= 11 is 16.5. The van der Waals surface area contributed by atoms with Crippen molar-refractivity contribution < 1.29 is 14.3 Å². The Labute approximate surface area is 231 Å². The summed E-state index contributed by atoms with van der Waals surface area (Å²) in [4.78, 5) is 27.0. The number of nitrogens with zero attached hydrogens (tertiary/aromatic N) is 1. The summed E-state index contributed by atoms with van der Waals surface area (Å²) in [5.74, 6) is 0.328. The fourth-order valence-corrected chi connectivity index (χ4v) is 5.97. The standard InChI is InChI=1S/C24H15Br2ClINO3S/c25-18-9-15(10-19(26)22(18)32-13-16-3-1-2-4-20(16)27)11-21-23(30)29(24(31)33-21)12-14-5-7-17(28)8-6-14/h1-11H,12-13H2/b21-11+. The normalized spacial score (nSPS) is 14.9. The fraction of sp³-hybridized carbons (Fsp3) is 0.0833. The van der Waals surface area contributed by atoms with E-state index < -0.39 is 0 Å². The Morgan fingerprint density at radius 1 is 1.03 bits per heavy atom. The Morgan fingerprint density at radius 2 is 1.70 bits per heavy atom. The predicted octanol–water partition coefficient (Wildman–Crippen LogP) is 8.29. The van der Waals surface area contributed by atoms with Crippen LogP contribution in [-0.4, -0.2) is 16.0 Å². The Kier molecular flexibility index (Phi) is 8.22. The van der Waals surface area contributed by atoms with Gasteiger partial charge in [-0.1, -0.05) is 41.9 Å². The molecule has 1 fully saturated rings. The van der Waals surface area contributed by atoms with E-state index in [4.69, 9.17) is 16.3 Å². The molecule has 0 N–H and O–H groups in total. The highest BCUT2D eigenvalue weighted by Crippen LogP contribution is 2.38. The van der Waals surface area contributed by atoms with E-state index in [-0.39, 0.29) is 17.7 Å². The summed E-state index contributed by atoms with van der Waals surface area (Å²) in [7, 11) is 0. The van der Waals surface area contributed by atoms with E-state index in [9.17, 15) is 9.59 Å². The second-order valence-electron chi connectivity index (χ2n) is 7.09. The largest absolute Gasteiger partial charge is 0.486 e. The molecule has 3 aromatic rings. The molecule has 1 aliphatic rings. The smallest absolute Gasteiger partial charge is 0.293 e. The number of halogens is 4. The molecule has 9 heteroatoms. The quantitative estimate of drug-likeness (QED) is 0.190. The SMILES string of the molecule is O=C1S/C(=C/c2cc(Br)c(OCc3ccccc3Cl)c(Br)c2)C(=O)N1Cc1ccc(I)cc1. The van der Waals surface area contributed by atoms with Gasteiger partial charge in [-0.15, -0.1) is 0 Å². The number of carbonyl (C=O) groups is 2. The van der Waals surface area contributed by atoms with Crippen LogP contribution in [0.15, 0.2) is 74.5 Å². The number of hydrogen-bond donors (Lipinski definition) is 0. The molecule has 0 saturated carbocycles. The summed E-state index contributed by atoms with van der Waals surface area (Å²) in [6.45, 7) is 0.564. The summed E-state index contributed by atoms with van der Waals surface area (Å²) in [6.07, 6.45) is 1.71. The first-order chi connectivity index (χ1) is 15.8. The molecule has 1 aliphatic heterocycles. The van der Waals surface area contributed by atoms with Crippen LogP contribution in [0.25, 0.3) is 6.08 Å². The lowest BCUT2D eigenvalue weighted by atomic mass is 10.2. The molecule has 3 aromatic carbocycles. The molecule has 168 valence electrons. The number of thioether (sulfide) groups is 1. The van der Waals surface area contributed by atoms with Gasteiger partial charge in [-0.05, 0) is 114 Å². The average Bonchev–Trinajstić information content (AvgIpc) is 3.03. The molecule has 0 bridgehead atoms. The number of benzene rings is 3. The van der Waals surface area contributed by atoms with Crippen molar-refractivity contribution in [2.75, 3.05) is 0 Å². The van der Waals surface area contributed by atoms with Crippen molar-refractivity contribution in [3.8, 4) is 5.75 Å². The van der Waals surface area contributed by atoms with Gasteiger partial charge in [0.15, 0.2) is 0 Å². The van der Waals surface area contributed by atoms with Crippen molar-refractivity contribution >= 4 is 95.0 Å². The highest BCUT2D eigenvalue weighted by molar-refractivity contribution is 14.1. The van der Waals surface area contributed by atoms with E-state index in [0.29, 0.717) is 31.2 Å². The molecule has 0 unspecified atom stereocenters. The maximum atomic E-state index is 12.9. The van der Waals surface area contributed by atoms with Crippen LogP contribution in [0.3, 0.4) is 0 Å². The van der Waals surface area contributed by atoms with Crippen molar-refractivity contribution in [3.05, 3.63) is 99.8 Å². The minimum atomic E-state index is -0.296. The van der Waals surface area contributed by atoms with E-state index in [1.54, 1.807) is 6.08 Å². The molecule has 0 spiro atoms. The Hall–Kier alpha value is -1.33. The zero-order valence-corrected chi connectivity index (χ0v) is 23.8. The van der Waals surface area contributed by atoms with Crippen LogP contribution in [0, 0.1) is 3.57 Å². The van der Waals surface area contributed by atoms with Gasteiger partial charge in [0.1, 0.15) is 12.4 Å². The van der Waals surface area contributed by atoms with Crippen molar-refractivity contribution in [2.45, 2.75) is 13.2 Å². The molecular formula is C24H15Br2ClINO3S. The first kappa shape index (κ1) is 24.8. The van der Waals surface area contributed by atoms with Crippen LogP contribution in [0.4, 0.5) is 4.79 Å². The number of amides is 2. The molecule has 2 amide bonds. The van der Waals surface area contributed by atoms with E-state index in [1.165, 1.54) is 4.90 Å². The van der Waals surface area contributed by atoms with Gasteiger partial charge in [-0.2, -0.15) is 0 Å². The first-order valence-corrected chi connectivity index (χ1v) is 13.5. The molecule has 4 rings (SSSR count). The number of rotatable bonds is 6. The molecule has 0 aromatic heterocycles. The first-order valence-electron chi connectivity index (χ1n) is 9.67. The lowest BCUT2D eigenvalue weighted by Gasteiger charge is -2.13. The number of hydrogen-bond acceptors (Lipinski definition) is 4. The lowest BCUT2D eigenvalue weighted by molar-refractivity contribution is -0.123. The van der Waals surface area contributed by atoms with Crippen molar-refractivity contribution in [2.24, 2.45) is 0 Å². The second-order valence-corrected chi connectivity index (χ2v) is 11.4. The van der Waals surface area contributed by atoms with E-state index in [0.717, 1.165) is 32.0 Å². The highest BCUT2D eigenvalue weighted by Gasteiger charge is 2.35. The lowest BCUT2D eigenvalue weighted by Crippen LogP contribution is -2.27. The minimum absolute atomic E-state index is 0.251. The van der Waals surface area contributed by atoms with Gasteiger partial charge in [0.05, 0.1) is 20.4 Å². The van der Waals surface area contributed by atoms with Crippen molar-refractivity contribution in [1.29, 1.82) is 0 Å². The predicted molar refractivity (Wildman–Crippen MR) is 148 cm³/mol. The fourth-order valence-electron chi connectivity index (χ4n) is 3.13. The number of carbonyl (C=O) groups excluding carboxylic acids is 2. The third-order valence-corrected chi connectivity index (χ3v) is 7.95. The molecule has 0 radical (unpaired) electrons. The van der Waals surface area contributed by atoms with Crippen LogP contribution in [0.5, 0.6) is 5.75 Å². The number of imide groups is 1. The molecule has 33 heavy (non-hydrogen) atoms. The van der Waals surface area contributed by atoms with E-state index in [2.05, 4.69) is 54.5 Å². The maximum Gasteiger partial charge on any atom is 0.293 e. The summed E-state index contributed by atoms with van der Waals surface area (Å²) in [6, 6.07) is 18.9. The van der Waals surface area contributed by atoms with Crippen LogP contribution in [-0.2, 0) is 17.9 Å². The Balaban J connectivity index is 1.50.